The van der Waals surface area contributed by atoms with Crippen molar-refractivity contribution in [1.29, 1.82) is 0 Å². The zero-order valence-electron chi connectivity index (χ0n) is 9.06. The van der Waals surface area contributed by atoms with Crippen LogP contribution in [0.1, 0.15) is 27.7 Å². The van der Waals surface area contributed by atoms with Crippen LogP contribution in [0.4, 0.5) is 0 Å². The standard InChI is InChI=1S/C10H21NO/c1-9(2)7(11-5)10(3,4)8(9)12-6/h7-8,11H,1-6H3. The molecule has 0 aromatic rings. The lowest BCUT2D eigenvalue weighted by Crippen LogP contribution is -2.72. The lowest BCUT2D eigenvalue weighted by atomic mass is 9.49. The quantitative estimate of drug-likeness (QED) is 0.682. The molecule has 0 heterocycles. The van der Waals surface area contributed by atoms with Gasteiger partial charge in [-0.2, -0.15) is 0 Å². The Morgan fingerprint density at radius 2 is 1.50 bits per heavy atom. The molecule has 2 heteroatoms. The average molecular weight is 171 g/mol. The molecule has 1 N–H and O–H groups in total. The molecular formula is C10H21NO. The van der Waals surface area contributed by atoms with E-state index in [-0.39, 0.29) is 10.8 Å². The molecule has 0 radical (unpaired) electrons. The van der Waals surface area contributed by atoms with Crippen LogP contribution < -0.4 is 5.32 Å². The average Bonchev–Trinajstić information content (AvgIpc) is 1.85. The minimum absolute atomic E-state index is 0.257. The fraction of sp³-hybridized carbons (Fsp3) is 1.00. The number of rotatable bonds is 2. The second kappa shape index (κ2) is 2.71. The highest BCUT2D eigenvalue weighted by molar-refractivity contribution is 5.14. The van der Waals surface area contributed by atoms with Crippen LogP contribution in [0.2, 0.25) is 0 Å². The third-order valence-electron chi connectivity index (χ3n) is 3.36. The summed E-state index contributed by atoms with van der Waals surface area (Å²) in [4.78, 5) is 0. The van der Waals surface area contributed by atoms with Gasteiger partial charge in [0, 0.05) is 24.0 Å². The molecule has 0 aromatic carbocycles. The van der Waals surface area contributed by atoms with E-state index in [1.165, 1.54) is 0 Å². The molecule has 1 fully saturated rings. The van der Waals surface area contributed by atoms with Gasteiger partial charge in [-0.25, -0.2) is 0 Å². The summed E-state index contributed by atoms with van der Waals surface area (Å²) in [6.45, 7) is 9.03. The van der Waals surface area contributed by atoms with Crippen molar-refractivity contribution in [3.8, 4) is 0 Å². The second-order valence-electron chi connectivity index (χ2n) is 4.98. The molecule has 0 aromatic heterocycles. The summed E-state index contributed by atoms with van der Waals surface area (Å²) in [5.41, 5.74) is 0.514. The van der Waals surface area contributed by atoms with Crippen molar-refractivity contribution in [2.24, 2.45) is 10.8 Å². The van der Waals surface area contributed by atoms with Crippen molar-refractivity contribution < 1.29 is 4.74 Å². The molecule has 12 heavy (non-hydrogen) atoms. The van der Waals surface area contributed by atoms with Gasteiger partial charge in [0.25, 0.3) is 0 Å². The molecule has 1 rings (SSSR count). The zero-order chi connectivity index (χ0) is 9.57. The van der Waals surface area contributed by atoms with Crippen LogP contribution >= 0.6 is 0 Å². The Kier molecular flexibility index (Phi) is 2.26. The van der Waals surface area contributed by atoms with Crippen LogP contribution in [0, 0.1) is 10.8 Å². The zero-order valence-corrected chi connectivity index (χ0v) is 9.06. The van der Waals surface area contributed by atoms with E-state index in [1.54, 1.807) is 7.11 Å². The molecule has 1 aliphatic rings. The fourth-order valence-electron chi connectivity index (χ4n) is 3.48. The minimum atomic E-state index is 0.257. The highest BCUT2D eigenvalue weighted by atomic mass is 16.5. The Bertz CT molecular complexity index is 143. The summed E-state index contributed by atoms with van der Waals surface area (Å²) in [7, 11) is 3.83. The van der Waals surface area contributed by atoms with E-state index >= 15 is 0 Å². The molecule has 0 aliphatic heterocycles. The molecular weight excluding hydrogens is 150 g/mol. The number of nitrogens with one attached hydrogen (secondary N) is 1. The van der Waals surface area contributed by atoms with Gasteiger partial charge in [0.2, 0.25) is 0 Å². The third kappa shape index (κ3) is 1.01. The summed E-state index contributed by atoms with van der Waals surface area (Å²) < 4.78 is 5.51. The summed E-state index contributed by atoms with van der Waals surface area (Å²) in [6.07, 6.45) is 0.363. The van der Waals surface area contributed by atoms with E-state index < -0.39 is 0 Å². The molecule has 0 spiro atoms. The van der Waals surface area contributed by atoms with Gasteiger partial charge in [0.1, 0.15) is 0 Å². The number of hydrogen-bond donors (Lipinski definition) is 1. The maximum Gasteiger partial charge on any atom is 0.0703 e. The van der Waals surface area contributed by atoms with Crippen molar-refractivity contribution in [1.82, 2.24) is 5.32 Å². The summed E-state index contributed by atoms with van der Waals surface area (Å²) in [5.74, 6) is 0. The van der Waals surface area contributed by atoms with E-state index in [2.05, 4.69) is 33.0 Å². The topological polar surface area (TPSA) is 21.3 Å². The molecule has 0 unspecified atom stereocenters. The summed E-state index contributed by atoms with van der Waals surface area (Å²) >= 11 is 0. The molecule has 0 bridgehead atoms. The van der Waals surface area contributed by atoms with Gasteiger partial charge in [0.05, 0.1) is 6.10 Å². The Morgan fingerprint density at radius 1 is 1.08 bits per heavy atom. The van der Waals surface area contributed by atoms with E-state index in [1.807, 2.05) is 7.05 Å². The van der Waals surface area contributed by atoms with Gasteiger partial charge < -0.3 is 10.1 Å². The SMILES string of the molecule is CNC1C(C)(C)C(OC)C1(C)C. The largest absolute Gasteiger partial charge is 0.380 e. The Labute approximate surface area is 75.7 Å². The predicted molar refractivity (Wildman–Crippen MR) is 51.2 cm³/mol. The minimum Gasteiger partial charge on any atom is -0.380 e. The second-order valence-corrected chi connectivity index (χ2v) is 4.98. The number of ether oxygens (including phenoxy) is 1. The monoisotopic (exact) mass is 171 g/mol. The van der Waals surface area contributed by atoms with E-state index in [4.69, 9.17) is 4.74 Å². The first kappa shape index (κ1) is 10.0. The lowest BCUT2D eigenvalue weighted by molar-refractivity contribution is -0.196. The van der Waals surface area contributed by atoms with Crippen LogP contribution in [0.15, 0.2) is 0 Å². The van der Waals surface area contributed by atoms with Crippen molar-refractivity contribution in [2.45, 2.75) is 39.8 Å². The normalized spacial score (nSPS) is 37.5. The van der Waals surface area contributed by atoms with E-state index in [0.29, 0.717) is 12.1 Å². The predicted octanol–water partition coefficient (Wildman–Crippen LogP) is 1.66. The molecule has 0 atom stereocenters. The lowest BCUT2D eigenvalue weighted by Gasteiger charge is -2.63. The molecule has 2 nitrogen and oxygen atoms in total. The Morgan fingerprint density at radius 3 is 1.75 bits per heavy atom. The van der Waals surface area contributed by atoms with Crippen molar-refractivity contribution >= 4 is 0 Å². The maximum absolute atomic E-state index is 5.51. The van der Waals surface area contributed by atoms with Crippen LogP contribution in [0.25, 0.3) is 0 Å². The molecule has 0 amide bonds. The number of hydrogen-bond acceptors (Lipinski definition) is 2. The van der Waals surface area contributed by atoms with Crippen molar-refractivity contribution in [2.75, 3.05) is 14.2 Å². The smallest absolute Gasteiger partial charge is 0.0703 e. The molecule has 1 aliphatic carbocycles. The van der Waals surface area contributed by atoms with Gasteiger partial charge in [0.15, 0.2) is 0 Å². The molecule has 0 saturated heterocycles. The third-order valence-corrected chi connectivity index (χ3v) is 3.36. The fourth-order valence-corrected chi connectivity index (χ4v) is 3.48. The Hall–Kier alpha value is -0.0800. The molecule has 1 saturated carbocycles. The van der Waals surface area contributed by atoms with Gasteiger partial charge in [-0.1, -0.05) is 27.7 Å². The van der Waals surface area contributed by atoms with Crippen LogP contribution in [0.3, 0.4) is 0 Å². The highest BCUT2D eigenvalue weighted by Crippen LogP contribution is 2.54. The van der Waals surface area contributed by atoms with Gasteiger partial charge in [-0.15, -0.1) is 0 Å². The maximum atomic E-state index is 5.51. The molecule has 72 valence electrons. The first-order valence-corrected chi connectivity index (χ1v) is 4.59. The number of methoxy groups -OCH3 is 1. The first-order valence-electron chi connectivity index (χ1n) is 4.59. The Balaban J connectivity index is 2.81. The first-order chi connectivity index (χ1) is 5.39. The van der Waals surface area contributed by atoms with Crippen LogP contribution in [0.5, 0.6) is 0 Å². The highest BCUT2D eigenvalue weighted by Gasteiger charge is 2.61. The summed E-state index contributed by atoms with van der Waals surface area (Å²) in [5, 5.41) is 3.37. The van der Waals surface area contributed by atoms with Gasteiger partial charge in [-0.05, 0) is 7.05 Å². The van der Waals surface area contributed by atoms with E-state index in [0.717, 1.165) is 0 Å². The van der Waals surface area contributed by atoms with Gasteiger partial charge >= 0.3 is 0 Å². The van der Waals surface area contributed by atoms with Crippen LogP contribution in [-0.4, -0.2) is 26.3 Å². The summed E-state index contributed by atoms with van der Waals surface area (Å²) in [6, 6.07) is 0.551. The van der Waals surface area contributed by atoms with Gasteiger partial charge in [-0.3, -0.25) is 0 Å². The van der Waals surface area contributed by atoms with E-state index in [9.17, 15) is 0 Å². The van der Waals surface area contributed by atoms with Crippen molar-refractivity contribution in [3.05, 3.63) is 0 Å². The van der Waals surface area contributed by atoms with Crippen LogP contribution in [-0.2, 0) is 4.74 Å². The van der Waals surface area contributed by atoms with Crippen molar-refractivity contribution in [3.63, 3.8) is 0 Å².